The Hall–Kier alpha value is -2.35. The van der Waals surface area contributed by atoms with E-state index in [0.29, 0.717) is 30.0 Å². The summed E-state index contributed by atoms with van der Waals surface area (Å²) in [4.78, 5) is 14.6. The number of carbonyl (C=O) groups is 1. The molecule has 1 heterocycles. The number of allylic oxidation sites excluding steroid dienone is 4. The molecule has 5 aliphatic rings. The second-order valence-corrected chi connectivity index (χ2v) is 13.4. The number of nitrogens with zero attached hydrogens (tertiary/aromatic N) is 1. The number of aliphatic hydroxyl groups excluding tert-OH is 2. The standard InChI is InChI=1S/C28H35NO2.C6H10.CH4O/c1-28-17-24(18-4-7-20(8-5-18)29-14-2-3-15-29)27-22-11-9-21(30)16-19(22)6-10-23(27)25(28)12-13-26(28)31;1-5-6(2,3)4;1-2/h4-5,7-8,16,23-26,31H,2-3,6,9-15,17H2,1H3;1H,2-4H3;2H,1H3. The molecule has 1 aromatic carbocycles. The van der Waals surface area contributed by atoms with Crippen molar-refractivity contribution in [3.63, 3.8) is 0 Å². The summed E-state index contributed by atoms with van der Waals surface area (Å²) >= 11 is 0. The lowest BCUT2D eigenvalue weighted by Crippen LogP contribution is -2.45. The van der Waals surface area contributed by atoms with Gasteiger partial charge >= 0.3 is 0 Å². The number of anilines is 1. The van der Waals surface area contributed by atoms with Crippen LogP contribution in [0.25, 0.3) is 0 Å². The van der Waals surface area contributed by atoms with Crippen LogP contribution in [0.4, 0.5) is 5.69 Å². The molecule has 2 saturated carbocycles. The van der Waals surface area contributed by atoms with Gasteiger partial charge in [-0.15, -0.1) is 12.3 Å². The zero-order valence-electron chi connectivity index (χ0n) is 24.8. The minimum atomic E-state index is -0.180. The maximum Gasteiger partial charge on any atom is 0.156 e. The highest BCUT2D eigenvalue weighted by Crippen LogP contribution is 2.63. The lowest BCUT2D eigenvalue weighted by Gasteiger charge is -2.52. The van der Waals surface area contributed by atoms with Crippen molar-refractivity contribution in [3.8, 4) is 12.3 Å². The topological polar surface area (TPSA) is 60.8 Å². The number of rotatable bonds is 2. The van der Waals surface area contributed by atoms with Crippen LogP contribution < -0.4 is 4.90 Å². The fourth-order valence-corrected chi connectivity index (χ4v) is 7.82. The van der Waals surface area contributed by atoms with E-state index in [-0.39, 0.29) is 16.9 Å². The molecule has 4 aliphatic carbocycles. The number of terminal acetylenes is 1. The number of hydrogen-bond donors (Lipinski definition) is 2. The number of carbonyl (C=O) groups excluding carboxylic acids is 1. The molecule has 2 N–H and O–H groups in total. The molecule has 4 nitrogen and oxygen atoms in total. The van der Waals surface area contributed by atoms with Crippen molar-refractivity contribution in [2.45, 2.75) is 97.5 Å². The van der Waals surface area contributed by atoms with E-state index in [4.69, 9.17) is 11.5 Å². The number of ketones is 1. The fourth-order valence-electron chi connectivity index (χ4n) is 7.82. The van der Waals surface area contributed by atoms with E-state index in [1.54, 1.807) is 5.57 Å². The van der Waals surface area contributed by atoms with Gasteiger partial charge in [0.25, 0.3) is 0 Å². The summed E-state index contributed by atoms with van der Waals surface area (Å²) in [5.74, 6) is 4.44. The van der Waals surface area contributed by atoms with E-state index in [2.05, 4.69) is 42.0 Å². The van der Waals surface area contributed by atoms with Crippen molar-refractivity contribution < 1.29 is 15.0 Å². The van der Waals surface area contributed by atoms with Crippen molar-refractivity contribution in [1.29, 1.82) is 0 Å². The van der Waals surface area contributed by atoms with Gasteiger partial charge in [-0.3, -0.25) is 4.79 Å². The fraction of sp³-hybridized carbons (Fsp3) is 0.629. The largest absolute Gasteiger partial charge is 0.400 e. The lowest BCUT2D eigenvalue weighted by atomic mass is 9.53. The van der Waals surface area contributed by atoms with Gasteiger partial charge in [-0.2, -0.15) is 0 Å². The average molecular weight is 532 g/mol. The Kier molecular flexibility index (Phi) is 9.14. The van der Waals surface area contributed by atoms with E-state index < -0.39 is 0 Å². The highest BCUT2D eigenvalue weighted by Gasteiger charge is 2.56. The molecule has 3 fully saturated rings. The molecule has 0 bridgehead atoms. The third-order valence-corrected chi connectivity index (χ3v) is 9.88. The Morgan fingerprint density at radius 2 is 1.64 bits per heavy atom. The molecule has 39 heavy (non-hydrogen) atoms. The normalized spacial score (nSPS) is 31.5. The number of hydrogen-bond acceptors (Lipinski definition) is 4. The number of fused-ring (bicyclic) bond motifs is 4. The van der Waals surface area contributed by atoms with Crippen LogP contribution in [0.1, 0.15) is 97.0 Å². The Bertz CT molecular complexity index is 1130. The molecule has 0 aromatic heterocycles. The van der Waals surface area contributed by atoms with Gasteiger partial charge in [-0.05, 0) is 124 Å². The lowest BCUT2D eigenvalue weighted by molar-refractivity contribution is -0.114. The third kappa shape index (κ3) is 6.06. The predicted octanol–water partition coefficient (Wildman–Crippen LogP) is 6.82. The van der Waals surface area contributed by atoms with Crippen LogP contribution in [0, 0.1) is 35.0 Å². The van der Waals surface area contributed by atoms with Crippen LogP contribution in [-0.2, 0) is 4.79 Å². The Morgan fingerprint density at radius 1 is 1.00 bits per heavy atom. The maximum atomic E-state index is 12.1. The van der Waals surface area contributed by atoms with Crippen molar-refractivity contribution in [2.75, 3.05) is 25.1 Å². The summed E-state index contributed by atoms with van der Waals surface area (Å²) < 4.78 is 0. The van der Waals surface area contributed by atoms with Crippen molar-refractivity contribution >= 4 is 11.5 Å². The van der Waals surface area contributed by atoms with E-state index in [9.17, 15) is 9.90 Å². The van der Waals surface area contributed by atoms with Crippen LogP contribution in [0.2, 0.25) is 0 Å². The first-order valence-corrected chi connectivity index (χ1v) is 15.0. The van der Waals surface area contributed by atoms with Crippen molar-refractivity contribution in [2.24, 2.45) is 22.7 Å². The summed E-state index contributed by atoms with van der Waals surface area (Å²) in [6, 6.07) is 9.37. The van der Waals surface area contributed by atoms with Gasteiger partial charge < -0.3 is 15.1 Å². The minimum absolute atomic E-state index is 0.0126. The van der Waals surface area contributed by atoms with Gasteiger partial charge in [0.1, 0.15) is 0 Å². The van der Waals surface area contributed by atoms with Crippen LogP contribution in [0.15, 0.2) is 47.1 Å². The molecule has 0 amide bonds. The first kappa shape index (κ1) is 29.6. The first-order chi connectivity index (χ1) is 18.6. The maximum absolute atomic E-state index is 12.1. The molecule has 1 saturated heterocycles. The Labute approximate surface area is 236 Å². The molecule has 0 radical (unpaired) electrons. The monoisotopic (exact) mass is 531 g/mol. The molecule has 5 unspecified atom stereocenters. The van der Waals surface area contributed by atoms with E-state index >= 15 is 0 Å². The quantitative estimate of drug-likeness (QED) is 0.411. The first-order valence-electron chi connectivity index (χ1n) is 15.0. The second kappa shape index (κ2) is 12.0. The Balaban J connectivity index is 0.000000393. The molecule has 6 rings (SSSR count). The minimum Gasteiger partial charge on any atom is -0.400 e. The summed E-state index contributed by atoms with van der Waals surface area (Å²) in [6.07, 6.45) is 16.3. The molecule has 1 aliphatic heterocycles. The SMILES string of the molecule is C#CC(C)(C)C.CC12CC(c3ccc(N4CCCC4)cc3)C3=C4CCC(=O)C=C4CCC3C1CCC2O.CO. The van der Waals surface area contributed by atoms with Gasteiger partial charge in [0, 0.05) is 43.6 Å². The van der Waals surface area contributed by atoms with Gasteiger partial charge in [0.2, 0.25) is 0 Å². The van der Waals surface area contributed by atoms with E-state index in [0.717, 1.165) is 45.6 Å². The molecule has 5 atom stereocenters. The van der Waals surface area contributed by atoms with Crippen LogP contribution in [-0.4, -0.2) is 42.3 Å². The molecule has 212 valence electrons. The smallest absolute Gasteiger partial charge is 0.156 e. The van der Waals surface area contributed by atoms with Gasteiger partial charge in [0.15, 0.2) is 5.78 Å². The summed E-state index contributed by atoms with van der Waals surface area (Å²) in [6.45, 7) is 10.7. The third-order valence-electron chi connectivity index (χ3n) is 9.88. The van der Waals surface area contributed by atoms with Crippen LogP contribution >= 0.6 is 0 Å². The predicted molar refractivity (Wildman–Crippen MR) is 161 cm³/mol. The zero-order valence-corrected chi connectivity index (χ0v) is 24.8. The Morgan fingerprint density at radius 3 is 2.26 bits per heavy atom. The van der Waals surface area contributed by atoms with Crippen LogP contribution in [0.3, 0.4) is 0 Å². The molecular formula is C35H49NO3. The van der Waals surface area contributed by atoms with E-state index in [1.807, 2.05) is 26.8 Å². The van der Waals surface area contributed by atoms with Crippen molar-refractivity contribution in [3.05, 3.63) is 52.6 Å². The highest BCUT2D eigenvalue weighted by molar-refractivity contribution is 5.93. The van der Waals surface area contributed by atoms with Crippen LogP contribution in [0.5, 0.6) is 0 Å². The average Bonchev–Trinajstić information content (AvgIpc) is 3.57. The summed E-state index contributed by atoms with van der Waals surface area (Å²) in [5.41, 5.74) is 7.31. The second-order valence-electron chi connectivity index (χ2n) is 13.4. The van der Waals surface area contributed by atoms with Gasteiger partial charge in [0.05, 0.1) is 6.10 Å². The van der Waals surface area contributed by atoms with Gasteiger partial charge in [-0.25, -0.2) is 0 Å². The highest BCUT2D eigenvalue weighted by atomic mass is 16.3. The number of benzene rings is 1. The molecule has 0 spiro atoms. The zero-order chi connectivity index (χ0) is 28.4. The molecule has 4 heteroatoms. The molecular weight excluding hydrogens is 482 g/mol. The number of aliphatic hydroxyl groups is 2. The molecule has 1 aromatic rings. The van der Waals surface area contributed by atoms with E-state index in [1.165, 1.54) is 48.3 Å². The van der Waals surface area contributed by atoms with Gasteiger partial charge in [-0.1, -0.05) is 24.6 Å². The van der Waals surface area contributed by atoms with Crippen molar-refractivity contribution in [1.82, 2.24) is 0 Å². The summed E-state index contributed by atoms with van der Waals surface area (Å²) in [7, 11) is 1.00. The summed E-state index contributed by atoms with van der Waals surface area (Å²) in [5, 5.41) is 18.0.